The van der Waals surface area contributed by atoms with Crippen LogP contribution in [0.1, 0.15) is 11.4 Å². The molecule has 0 saturated carbocycles. The van der Waals surface area contributed by atoms with Crippen LogP contribution in [0.15, 0.2) is 77.6 Å². The molecule has 0 spiro atoms. The average Bonchev–Trinajstić information content (AvgIpc) is 2.73. The maximum absolute atomic E-state index is 13.2. The Morgan fingerprint density at radius 2 is 1.62 bits per heavy atom. The minimum atomic E-state index is -0.480. The fraction of sp³-hybridized carbons (Fsp3) is 0. The Balaban J connectivity index is 1.89. The standard InChI is InChI=1S/C22H14ClN3O3/c23-16-8-5-15(6-9-16)7-14-21-24-20-4-2-1-3-19(20)22(27)25(21)17-10-12-18(13-11-17)26(28)29/h1-14H/b14-7+. The molecule has 1 aromatic heterocycles. The lowest BCUT2D eigenvalue weighted by molar-refractivity contribution is -0.384. The second-order valence-electron chi connectivity index (χ2n) is 6.29. The molecule has 29 heavy (non-hydrogen) atoms. The number of fused-ring (bicyclic) bond motifs is 1. The summed E-state index contributed by atoms with van der Waals surface area (Å²) in [5.74, 6) is 0.414. The van der Waals surface area contributed by atoms with Crippen molar-refractivity contribution in [2.45, 2.75) is 0 Å². The van der Waals surface area contributed by atoms with Crippen molar-refractivity contribution >= 4 is 40.3 Å². The molecule has 0 aliphatic carbocycles. The predicted octanol–water partition coefficient (Wildman–Crippen LogP) is 5.12. The third-order valence-corrected chi connectivity index (χ3v) is 4.67. The predicted molar refractivity (Wildman–Crippen MR) is 114 cm³/mol. The number of non-ortho nitro benzene ring substituents is 1. The molecule has 142 valence electrons. The van der Waals surface area contributed by atoms with Crippen molar-refractivity contribution < 1.29 is 4.92 Å². The summed E-state index contributed by atoms with van der Waals surface area (Å²) in [6, 6.07) is 20.1. The van der Waals surface area contributed by atoms with Gasteiger partial charge in [-0.15, -0.1) is 0 Å². The molecule has 4 aromatic rings. The van der Waals surface area contributed by atoms with E-state index in [1.165, 1.54) is 28.8 Å². The maximum atomic E-state index is 13.2. The van der Waals surface area contributed by atoms with Crippen LogP contribution < -0.4 is 5.56 Å². The summed E-state index contributed by atoms with van der Waals surface area (Å²) in [5, 5.41) is 12.0. The Bertz CT molecular complexity index is 1290. The molecule has 1 heterocycles. The van der Waals surface area contributed by atoms with Gasteiger partial charge in [0.15, 0.2) is 0 Å². The van der Waals surface area contributed by atoms with E-state index in [0.717, 1.165) is 5.56 Å². The first-order valence-electron chi connectivity index (χ1n) is 8.73. The van der Waals surface area contributed by atoms with Gasteiger partial charge in [-0.3, -0.25) is 19.5 Å². The van der Waals surface area contributed by atoms with Gasteiger partial charge in [0, 0.05) is 17.2 Å². The van der Waals surface area contributed by atoms with Crippen LogP contribution in [0.2, 0.25) is 5.02 Å². The van der Waals surface area contributed by atoms with E-state index < -0.39 is 4.92 Å². The Morgan fingerprint density at radius 1 is 0.931 bits per heavy atom. The molecule has 0 amide bonds. The monoisotopic (exact) mass is 403 g/mol. The summed E-state index contributed by atoms with van der Waals surface area (Å²) in [4.78, 5) is 28.2. The number of benzene rings is 3. The van der Waals surface area contributed by atoms with Crippen LogP contribution in [0, 0.1) is 10.1 Å². The first kappa shape index (κ1) is 18.6. The molecule has 6 nitrogen and oxygen atoms in total. The van der Waals surface area contributed by atoms with Gasteiger partial charge in [-0.25, -0.2) is 4.98 Å². The number of rotatable bonds is 4. The van der Waals surface area contributed by atoms with Gasteiger partial charge >= 0.3 is 0 Å². The number of hydrogen-bond donors (Lipinski definition) is 0. The molecule has 3 aromatic carbocycles. The van der Waals surface area contributed by atoms with Gasteiger partial charge in [-0.2, -0.15) is 0 Å². The Hall–Kier alpha value is -3.77. The SMILES string of the molecule is O=c1c2ccccc2nc(/C=C/c2ccc(Cl)cc2)n1-c1ccc([N+](=O)[O-])cc1. The van der Waals surface area contributed by atoms with Crippen LogP contribution in [-0.4, -0.2) is 14.5 Å². The van der Waals surface area contributed by atoms with Crippen LogP contribution in [0.5, 0.6) is 0 Å². The van der Waals surface area contributed by atoms with Gasteiger partial charge in [-0.05, 0) is 48.0 Å². The fourth-order valence-corrected chi connectivity index (χ4v) is 3.11. The van der Waals surface area contributed by atoms with E-state index in [-0.39, 0.29) is 11.2 Å². The molecule has 0 unspecified atom stereocenters. The lowest BCUT2D eigenvalue weighted by atomic mass is 10.2. The smallest absolute Gasteiger partial charge is 0.268 e. The normalized spacial score (nSPS) is 11.2. The number of hydrogen-bond acceptors (Lipinski definition) is 4. The van der Waals surface area contributed by atoms with Crippen molar-refractivity contribution in [3.8, 4) is 5.69 Å². The molecular formula is C22H14ClN3O3. The number of nitro benzene ring substituents is 1. The number of para-hydroxylation sites is 1. The highest BCUT2D eigenvalue weighted by Crippen LogP contribution is 2.19. The Kier molecular flexibility index (Phi) is 4.93. The van der Waals surface area contributed by atoms with E-state index in [0.29, 0.717) is 27.4 Å². The van der Waals surface area contributed by atoms with Crippen molar-refractivity contribution in [2.75, 3.05) is 0 Å². The molecule has 0 radical (unpaired) electrons. The summed E-state index contributed by atoms with van der Waals surface area (Å²) in [6.07, 6.45) is 3.56. The number of nitro groups is 1. The van der Waals surface area contributed by atoms with Crippen molar-refractivity contribution in [3.63, 3.8) is 0 Å². The summed E-state index contributed by atoms with van der Waals surface area (Å²) in [5.41, 5.74) is 1.67. The highest BCUT2D eigenvalue weighted by atomic mass is 35.5. The molecule has 0 saturated heterocycles. The third kappa shape index (κ3) is 3.79. The Morgan fingerprint density at radius 3 is 2.31 bits per heavy atom. The summed E-state index contributed by atoms with van der Waals surface area (Å²) < 4.78 is 1.44. The van der Waals surface area contributed by atoms with Crippen molar-refractivity contribution in [2.24, 2.45) is 0 Å². The number of halogens is 1. The first-order chi connectivity index (χ1) is 14.0. The van der Waals surface area contributed by atoms with Gasteiger partial charge in [0.05, 0.1) is 21.5 Å². The lowest BCUT2D eigenvalue weighted by Crippen LogP contribution is -2.22. The summed E-state index contributed by atoms with van der Waals surface area (Å²) >= 11 is 5.93. The van der Waals surface area contributed by atoms with Crippen molar-refractivity contribution in [3.05, 3.63) is 110 Å². The van der Waals surface area contributed by atoms with Gasteiger partial charge in [0.1, 0.15) is 5.82 Å². The second-order valence-corrected chi connectivity index (χ2v) is 6.72. The molecule has 0 N–H and O–H groups in total. The van der Waals surface area contributed by atoms with E-state index in [2.05, 4.69) is 4.98 Å². The molecule has 7 heteroatoms. The minimum Gasteiger partial charge on any atom is -0.268 e. The molecule has 4 rings (SSSR count). The van der Waals surface area contributed by atoms with Crippen molar-refractivity contribution in [1.29, 1.82) is 0 Å². The molecular weight excluding hydrogens is 390 g/mol. The van der Waals surface area contributed by atoms with Crippen LogP contribution in [0.3, 0.4) is 0 Å². The number of aromatic nitrogens is 2. The highest BCUT2D eigenvalue weighted by Gasteiger charge is 2.12. The highest BCUT2D eigenvalue weighted by molar-refractivity contribution is 6.30. The molecule has 0 fully saturated rings. The van der Waals surface area contributed by atoms with E-state index >= 15 is 0 Å². The number of nitrogens with zero attached hydrogens (tertiary/aromatic N) is 3. The van der Waals surface area contributed by atoms with Gasteiger partial charge in [0.2, 0.25) is 0 Å². The quantitative estimate of drug-likeness (QED) is 0.350. The van der Waals surface area contributed by atoms with E-state index in [4.69, 9.17) is 11.6 Å². The van der Waals surface area contributed by atoms with E-state index in [9.17, 15) is 14.9 Å². The van der Waals surface area contributed by atoms with E-state index in [1.807, 2.05) is 24.3 Å². The zero-order valence-corrected chi connectivity index (χ0v) is 15.8. The maximum Gasteiger partial charge on any atom is 0.269 e. The average molecular weight is 404 g/mol. The third-order valence-electron chi connectivity index (χ3n) is 4.42. The van der Waals surface area contributed by atoms with Crippen LogP contribution in [0.4, 0.5) is 5.69 Å². The van der Waals surface area contributed by atoms with Crippen LogP contribution in [-0.2, 0) is 0 Å². The fourth-order valence-electron chi connectivity index (χ4n) is 2.98. The van der Waals surface area contributed by atoms with Gasteiger partial charge < -0.3 is 0 Å². The molecule has 0 bridgehead atoms. The largest absolute Gasteiger partial charge is 0.269 e. The lowest BCUT2D eigenvalue weighted by Gasteiger charge is -2.11. The zero-order chi connectivity index (χ0) is 20.4. The van der Waals surface area contributed by atoms with Crippen LogP contribution >= 0.6 is 11.6 Å². The molecule has 0 atom stereocenters. The topological polar surface area (TPSA) is 78.0 Å². The summed E-state index contributed by atoms with van der Waals surface area (Å²) in [6.45, 7) is 0. The molecule has 0 aliphatic heterocycles. The summed E-state index contributed by atoms with van der Waals surface area (Å²) in [7, 11) is 0. The minimum absolute atomic E-state index is 0.0474. The Labute approximate surface area is 170 Å². The second kappa shape index (κ2) is 7.69. The van der Waals surface area contributed by atoms with Gasteiger partial charge in [0.25, 0.3) is 11.2 Å². The van der Waals surface area contributed by atoms with Crippen molar-refractivity contribution in [1.82, 2.24) is 9.55 Å². The molecule has 0 aliphatic rings. The van der Waals surface area contributed by atoms with Gasteiger partial charge in [-0.1, -0.05) is 41.9 Å². The van der Waals surface area contributed by atoms with E-state index in [1.54, 1.807) is 36.4 Å². The zero-order valence-electron chi connectivity index (χ0n) is 15.0. The van der Waals surface area contributed by atoms with Crippen LogP contribution in [0.25, 0.3) is 28.7 Å². The first-order valence-corrected chi connectivity index (χ1v) is 9.11.